The van der Waals surface area contributed by atoms with Crippen molar-refractivity contribution in [1.29, 1.82) is 0 Å². The minimum absolute atomic E-state index is 0.178. The van der Waals surface area contributed by atoms with Gasteiger partial charge in [-0.2, -0.15) is 0 Å². The van der Waals surface area contributed by atoms with Gasteiger partial charge in [0, 0.05) is 19.2 Å². The first-order valence-corrected chi connectivity index (χ1v) is 7.01. The number of nitrogens with two attached hydrogens (primary N) is 1. The number of anilines is 2. The second kappa shape index (κ2) is 9.76. The topological polar surface area (TPSA) is 111 Å². The lowest BCUT2D eigenvalue weighted by Gasteiger charge is -2.11. The number of primary amides is 1. The lowest BCUT2D eigenvalue weighted by Crippen LogP contribution is -2.19. The predicted octanol–water partition coefficient (Wildman–Crippen LogP) is 1.34. The van der Waals surface area contributed by atoms with E-state index in [1.54, 1.807) is 6.07 Å². The minimum atomic E-state index is -0.790. The van der Waals surface area contributed by atoms with Crippen molar-refractivity contribution >= 4 is 17.7 Å². The quantitative estimate of drug-likeness (QED) is 0.559. The Balaban J connectivity index is 2.63. The number of nitrogens with zero attached hydrogens (tertiary/aromatic N) is 2. The molecule has 1 amide bonds. The monoisotopic (exact) mass is 297 g/mol. The molecule has 21 heavy (non-hydrogen) atoms. The van der Waals surface area contributed by atoms with Gasteiger partial charge in [-0.15, -0.1) is 0 Å². The van der Waals surface area contributed by atoms with Crippen molar-refractivity contribution in [2.24, 2.45) is 5.73 Å². The number of nitrogens with one attached hydrogen (secondary N) is 2. The lowest BCUT2D eigenvalue weighted by atomic mass is 10.4. The zero-order chi connectivity index (χ0) is 15.5. The summed E-state index contributed by atoms with van der Waals surface area (Å²) in [4.78, 5) is 19.2. The van der Waals surface area contributed by atoms with Crippen molar-refractivity contribution in [1.82, 2.24) is 9.97 Å². The number of hydrogen-bond donors (Lipinski definition) is 3. The highest BCUT2D eigenvalue weighted by molar-refractivity contribution is 5.64. The van der Waals surface area contributed by atoms with Crippen LogP contribution in [0.3, 0.4) is 0 Å². The van der Waals surface area contributed by atoms with E-state index in [-0.39, 0.29) is 6.61 Å². The average Bonchev–Trinajstić information content (AvgIpc) is 2.47. The van der Waals surface area contributed by atoms with Crippen molar-refractivity contribution < 1.29 is 14.3 Å². The van der Waals surface area contributed by atoms with Gasteiger partial charge in [0.15, 0.2) is 5.82 Å². The first kappa shape index (κ1) is 17.0. The molecule has 1 heterocycles. The Morgan fingerprint density at radius 3 is 2.48 bits per heavy atom. The Labute approximate surface area is 124 Å². The van der Waals surface area contributed by atoms with Crippen LogP contribution in [0.4, 0.5) is 16.4 Å². The molecule has 8 nitrogen and oxygen atoms in total. The van der Waals surface area contributed by atoms with E-state index in [1.807, 2.05) is 6.92 Å². The molecular formula is C13H23N5O3. The fourth-order valence-electron chi connectivity index (χ4n) is 1.52. The summed E-state index contributed by atoms with van der Waals surface area (Å²) in [6.07, 6.45) is 0.210. The van der Waals surface area contributed by atoms with Gasteiger partial charge in [0.05, 0.1) is 6.54 Å². The van der Waals surface area contributed by atoms with Crippen LogP contribution in [0.1, 0.15) is 26.1 Å². The maximum absolute atomic E-state index is 10.5. The van der Waals surface area contributed by atoms with E-state index in [2.05, 4.69) is 32.3 Å². The van der Waals surface area contributed by atoms with Gasteiger partial charge in [-0.1, -0.05) is 6.92 Å². The number of rotatable bonds is 10. The van der Waals surface area contributed by atoms with E-state index in [4.69, 9.17) is 10.5 Å². The van der Waals surface area contributed by atoms with Crippen molar-refractivity contribution in [3.8, 4) is 0 Å². The van der Waals surface area contributed by atoms with Crippen LogP contribution < -0.4 is 16.4 Å². The maximum Gasteiger partial charge on any atom is 0.404 e. The van der Waals surface area contributed by atoms with Crippen LogP contribution >= 0.6 is 0 Å². The molecule has 0 aromatic carbocycles. The molecule has 0 saturated carbocycles. The van der Waals surface area contributed by atoms with E-state index in [9.17, 15) is 4.79 Å². The van der Waals surface area contributed by atoms with Crippen LogP contribution in [0, 0.1) is 0 Å². The van der Waals surface area contributed by atoms with Gasteiger partial charge in [-0.25, -0.2) is 14.8 Å². The fourth-order valence-corrected chi connectivity index (χ4v) is 1.52. The molecule has 0 aliphatic rings. The third-order valence-electron chi connectivity index (χ3n) is 2.42. The van der Waals surface area contributed by atoms with Crippen LogP contribution in [-0.2, 0) is 16.1 Å². The molecule has 0 unspecified atom stereocenters. The SMILES string of the molecule is CCCNc1cc(NCCOC(N)=O)nc(COCC)n1. The Hall–Kier alpha value is -2.09. The summed E-state index contributed by atoms with van der Waals surface area (Å²) in [5.41, 5.74) is 4.89. The summed E-state index contributed by atoms with van der Waals surface area (Å²) in [5, 5.41) is 6.26. The molecule has 1 aromatic rings. The van der Waals surface area contributed by atoms with Gasteiger partial charge >= 0.3 is 6.09 Å². The van der Waals surface area contributed by atoms with E-state index in [1.165, 1.54) is 0 Å². The number of carbonyl (C=O) groups excluding carboxylic acids is 1. The summed E-state index contributed by atoms with van der Waals surface area (Å²) in [7, 11) is 0. The second-order valence-corrected chi connectivity index (χ2v) is 4.21. The molecule has 1 rings (SSSR count). The van der Waals surface area contributed by atoms with Crippen molar-refractivity contribution in [3.05, 3.63) is 11.9 Å². The van der Waals surface area contributed by atoms with Gasteiger partial charge in [0.2, 0.25) is 0 Å². The molecule has 0 atom stereocenters. The number of carbonyl (C=O) groups is 1. The molecule has 118 valence electrons. The number of hydrogen-bond acceptors (Lipinski definition) is 7. The summed E-state index contributed by atoms with van der Waals surface area (Å²) in [5.74, 6) is 1.97. The molecule has 0 spiro atoms. The van der Waals surface area contributed by atoms with Crippen LogP contribution in [0.2, 0.25) is 0 Å². The van der Waals surface area contributed by atoms with Crippen LogP contribution in [-0.4, -0.2) is 42.4 Å². The fraction of sp³-hybridized carbons (Fsp3) is 0.615. The van der Waals surface area contributed by atoms with Crippen LogP contribution in [0.25, 0.3) is 0 Å². The van der Waals surface area contributed by atoms with Crippen molar-refractivity contribution in [3.63, 3.8) is 0 Å². The Kier molecular flexibility index (Phi) is 7.88. The van der Waals surface area contributed by atoms with Gasteiger partial charge in [-0.3, -0.25) is 0 Å². The molecule has 1 aromatic heterocycles. The normalized spacial score (nSPS) is 10.2. The van der Waals surface area contributed by atoms with Gasteiger partial charge in [-0.05, 0) is 13.3 Å². The largest absolute Gasteiger partial charge is 0.448 e. The molecule has 0 saturated heterocycles. The number of amides is 1. The van der Waals surface area contributed by atoms with E-state index in [0.717, 1.165) is 18.8 Å². The molecule has 4 N–H and O–H groups in total. The standard InChI is InChI=1S/C13H23N5O3/c1-3-5-15-10-8-11(16-6-7-21-13(14)19)18-12(17-10)9-20-4-2/h8H,3-7,9H2,1-2H3,(H2,14,19)(H2,15,16,17,18). The minimum Gasteiger partial charge on any atom is -0.448 e. The average molecular weight is 297 g/mol. The van der Waals surface area contributed by atoms with Crippen molar-refractivity contribution in [2.45, 2.75) is 26.9 Å². The number of ether oxygens (including phenoxy) is 2. The Morgan fingerprint density at radius 2 is 1.90 bits per heavy atom. The van der Waals surface area contributed by atoms with Crippen LogP contribution in [0.15, 0.2) is 6.07 Å². The van der Waals surface area contributed by atoms with E-state index in [0.29, 0.717) is 31.4 Å². The van der Waals surface area contributed by atoms with Crippen molar-refractivity contribution in [2.75, 3.05) is 36.9 Å². The molecule has 0 aliphatic carbocycles. The van der Waals surface area contributed by atoms with E-state index >= 15 is 0 Å². The highest BCUT2D eigenvalue weighted by atomic mass is 16.5. The van der Waals surface area contributed by atoms with E-state index < -0.39 is 6.09 Å². The third kappa shape index (κ3) is 7.31. The first-order chi connectivity index (χ1) is 10.2. The molecule has 0 radical (unpaired) electrons. The van der Waals surface area contributed by atoms with Gasteiger partial charge in [0.1, 0.15) is 24.8 Å². The summed E-state index contributed by atoms with van der Waals surface area (Å²) in [6, 6.07) is 1.80. The molecular weight excluding hydrogens is 274 g/mol. The van der Waals surface area contributed by atoms with Gasteiger partial charge in [0.25, 0.3) is 0 Å². The number of aromatic nitrogens is 2. The van der Waals surface area contributed by atoms with Gasteiger partial charge < -0.3 is 25.8 Å². The second-order valence-electron chi connectivity index (χ2n) is 4.21. The summed E-state index contributed by atoms with van der Waals surface area (Å²) >= 11 is 0. The molecule has 0 fully saturated rings. The zero-order valence-electron chi connectivity index (χ0n) is 12.5. The zero-order valence-corrected chi connectivity index (χ0v) is 12.5. The Morgan fingerprint density at radius 1 is 1.24 bits per heavy atom. The summed E-state index contributed by atoms with van der Waals surface area (Å²) in [6.45, 7) is 6.37. The highest BCUT2D eigenvalue weighted by Crippen LogP contribution is 2.12. The molecule has 0 bridgehead atoms. The lowest BCUT2D eigenvalue weighted by molar-refractivity contribution is 0.128. The third-order valence-corrected chi connectivity index (χ3v) is 2.42. The Bertz CT molecular complexity index is 416. The summed E-state index contributed by atoms with van der Waals surface area (Å²) < 4.78 is 9.97. The molecule has 8 heteroatoms. The maximum atomic E-state index is 10.5. The smallest absolute Gasteiger partial charge is 0.404 e. The molecule has 0 aliphatic heterocycles. The first-order valence-electron chi connectivity index (χ1n) is 7.01. The highest BCUT2D eigenvalue weighted by Gasteiger charge is 2.05. The van der Waals surface area contributed by atoms with Crippen LogP contribution in [0.5, 0.6) is 0 Å². The predicted molar refractivity (Wildman–Crippen MR) is 80.2 cm³/mol.